The van der Waals surface area contributed by atoms with Gasteiger partial charge in [0.05, 0.1) is 10.6 Å². The van der Waals surface area contributed by atoms with E-state index in [1.165, 1.54) is 31.7 Å². The van der Waals surface area contributed by atoms with Crippen molar-refractivity contribution in [2.24, 2.45) is 4.99 Å². The summed E-state index contributed by atoms with van der Waals surface area (Å²) in [6.07, 6.45) is 11.1. The van der Waals surface area contributed by atoms with Gasteiger partial charge in [-0.2, -0.15) is 0 Å². The third-order valence-corrected chi connectivity index (χ3v) is 4.24. The molecule has 0 aliphatic heterocycles. The fourth-order valence-electron chi connectivity index (χ4n) is 2.96. The molecule has 1 aromatic carbocycles. The Morgan fingerprint density at radius 3 is 2.82 bits per heavy atom. The third kappa shape index (κ3) is 3.08. The molecule has 3 rings (SSSR count). The van der Waals surface area contributed by atoms with E-state index in [0.717, 1.165) is 5.56 Å². The van der Waals surface area contributed by atoms with Crippen molar-refractivity contribution in [3.8, 4) is 0 Å². The van der Waals surface area contributed by atoms with Crippen molar-refractivity contribution in [3.05, 3.63) is 57.9 Å². The van der Waals surface area contributed by atoms with Crippen molar-refractivity contribution in [2.45, 2.75) is 38.6 Å². The number of aliphatic imine (C=N–C) groups is 1. The van der Waals surface area contributed by atoms with Gasteiger partial charge in [0.1, 0.15) is 0 Å². The average Bonchev–Trinajstić information content (AvgIpc) is 3.17. The van der Waals surface area contributed by atoms with Crippen LogP contribution in [0.15, 0.2) is 41.7 Å². The minimum Gasteiger partial charge on any atom is -0.351 e. The second kappa shape index (κ2) is 6.13. The Hall–Kier alpha value is -2.43. The molecule has 0 bridgehead atoms. The second-order valence-electron chi connectivity index (χ2n) is 5.82. The molecule has 0 spiro atoms. The van der Waals surface area contributed by atoms with Crippen LogP contribution in [-0.2, 0) is 0 Å². The van der Waals surface area contributed by atoms with Crippen LogP contribution in [0.4, 0.5) is 11.4 Å². The Bertz CT molecular complexity index is 712. The van der Waals surface area contributed by atoms with E-state index in [1.54, 1.807) is 25.3 Å². The van der Waals surface area contributed by atoms with Gasteiger partial charge in [-0.15, -0.1) is 0 Å². The smallest absolute Gasteiger partial charge is 0.274 e. The van der Waals surface area contributed by atoms with Gasteiger partial charge in [0.2, 0.25) is 0 Å². The number of rotatable bonds is 4. The lowest BCUT2D eigenvalue weighted by atomic mass is 10.2. The number of nitro groups is 1. The van der Waals surface area contributed by atoms with Crippen LogP contribution in [0.3, 0.4) is 0 Å². The Morgan fingerprint density at radius 2 is 2.09 bits per heavy atom. The van der Waals surface area contributed by atoms with E-state index >= 15 is 0 Å². The monoisotopic (exact) mass is 297 g/mol. The number of aryl methyl sites for hydroxylation is 1. The fourth-order valence-corrected chi connectivity index (χ4v) is 2.96. The molecular weight excluding hydrogens is 278 g/mol. The van der Waals surface area contributed by atoms with E-state index in [0.29, 0.717) is 17.3 Å². The Balaban J connectivity index is 1.76. The number of nitro benzene ring substituents is 1. The molecule has 0 N–H and O–H groups in total. The summed E-state index contributed by atoms with van der Waals surface area (Å²) in [5.74, 6) is 0. The van der Waals surface area contributed by atoms with Gasteiger partial charge in [-0.25, -0.2) is 0 Å². The normalized spacial score (nSPS) is 15.7. The first-order valence-corrected chi connectivity index (χ1v) is 7.60. The summed E-state index contributed by atoms with van der Waals surface area (Å²) in [5, 5.41) is 10.9. The number of nitrogens with zero attached hydrogens (tertiary/aromatic N) is 3. The molecule has 5 heteroatoms. The molecule has 0 radical (unpaired) electrons. The van der Waals surface area contributed by atoms with Gasteiger partial charge in [-0.1, -0.05) is 18.9 Å². The predicted molar refractivity (Wildman–Crippen MR) is 87.0 cm³/mol. The molecule has 1 aromatic heterocycles. The van der Waals surface area contributed by atoms with Crippen LogP contribution in [0.2, 0.25) is 0 Å². The summed E-state index contributed by atoms with van der Waals surface area (Å²) in [6.45, 7) is 1.73. The van der Waals surface area contributed by atoms with Crippen LogP contribution in [0.25, 0.3) is 0 Å². The van der Waals surface area contributed by atoms with Crippen molar-refractivity contribution in [2.75, 3.05) is 0 Å². The highest BCUT2D eigenvalue weighted by Gasteiger charge is 2.16. The first-order chi connectivity index (χ1) is 10.6. The molecule has 0 amide bonds. The average molecular weight is 297 g/mol. The van der Waals surface area contributed by atoms with Gasteiger partial charge in [0.25, 0.3) is 5.69 Å². The number of aromatic nitrogens is 1. The maximum atomic E-state index is 10.9. The topological polar surface area (TPSA) is 60.4 Å². The highest BCUT2D eigenvalue weighted by molar-refractivity contribution is 5.81. The molecule has 1 heterocycles. The first-order valence-electron chi connectivity index (χ1n) is 7.60. The van der Waals surface area contributed by atoms with E-state index < -0.39 is 0 Å². The SMILES string of the molecule is Cc1ccc(N=Cc2ccn(C3CCCC3)c2)cc1[N+](=O)[O-]. The van der Waals surface area contributed by atoms with Gasteiger partial charge in [0.15, 0.2) is 0 Å². The van der Waals surface area contributed by atoms with Crippen molar-refractivity contribution in [3.63, 3.8) is 0 Å². The highest BCUT2D eigenvalue weighted by Crippen LogP contribution is 2.29. The zero-order valence-corrected chi connectivity index (χ0v) is 12.6. The van der Waals surface area contributed by atoms with Crippen molar-refractivity contribution >= 4 is 17.6 Å². The molecule has 0 atom stereocenters. The molecule has 1 aliphatic carbocycles. The lowest BCUT2D eigenvalue weighted by Crippen LogP contribution is -2.00. The van der Waals surface area contributed by atoms with Crippen LogP contribution in [-0.4, -0.2) is 15.7 Å². The number of hydrogen-bond acceptors (Lipinski definition) is 3. The molecule has 1 fully saturated rings. The lowest BCUT2D eigenvalue weighted by Gasteiger charge is -2.10. The van der Waals surface area contributed by atoms with E-state index in [4.69, 9.17) is 0 Å². The van der Waals surface area contributed by atoms with Gasteiger partial charge >= 0.3 is 0 Å². The van der Waals surface area contributed by atoms with Gasteiger partial charge in [0, 0.05) is 41.8 Å². The third-order valence-electron chi connectivity index (χ3n) is 4.24. The predicted octanol–water partition coefficient (Wildman–Crippen LogP) is 4.57. The Morgan fingerprint density at radius 1 is 1.32 bits per heavy atom. The van der Waals surface area contributed by atoms with Crippen LogP contribution < -0.4 is 0 Å². The van der Waals surface area contributed by atoms with Gasteiger partial charge in [-0.3, -0.25) is 15.1 Å². The first kappa shape index (κ1) is 14.5. The fraction of sp³-hybridized carbons (Fsp3) is 0.353. The molecular formula is C17H19N3O2. The lowest BCUT2D eigenvalue weighted by molar-refractivity contribution is -0.385. The zero-order valence-electron chi connectivity index (χ0n) is 12.6. The molecule has 1 saturated carbocycles. The number of benzene rings is 1. The van der Waals surface area contributed by atoms with Crippen LogP contribution >= 0.6 is 0 Å². The van der Waals surface area contributed by atoms with Gasteiger partial charge in [-0.05, 0) is 31.9 Å². The van der Waals surface area contributed by atoms with Crippen LogP contribution in [0.1, 0.15) is 42.9 Å². The maximum Gasteiger partial charge on any atom is 0.274 e. The summed E-state index contributed by atoms with van der Waals surface area (Å²) in [6, 6.07) is 7.69. The quantitative estimate of drug-likeness (QED) is 0.471. The minimum absolute atomic E-state index is 0.109. The Kier molecular flexibility index (Phi) is 4.04. The standard InChI is InChI=1S/C17H19N3O2/c1-13-6-7-15(10-17(13)20(21)22)18-11-14-8-9-19(12-14)16-4-2-3-5-16/h6-12,16H,2-5H2,1H3. The van der Waals surface area contributed by atoms with Crippen molar-refractivity contribution in [1.29, 1.82) is 0 Å². The van der Waals surface area contributed by atoms with E-state index in [9.17, 15) is 10.1 Å². The highest BCUT2D eigenvalue weighted by atomic mass is 16.6. The number of hydrogen-bond donors (Lipinski definition) is 0. The summed E-state index contributed by atoms with van der Waals surface area (Å²) >= 11 is 0. The molecule has 0 unspecified atom stereocenters. The van der Waals surface area contributed by atoms with Gasteiger partial charge < -0.3 is 4.57 Å². The maximum absolute atomic E-state index is 10.9. The largest absolute Gasteiger partial charge is 0.351 e. The zero-order chi connectivity index (χ0) is 15.5. The summed E-state index contributed by atoms with van der Waals surface area (Å²) in [5.41, 5.74) is 2.38. The molecule has 0 saturated heterocycles. The summed E-state index contributed by atoms with van der Waals surface area (Å²) < 4.78 is 2.26. The van der Waals surface area contributed by atoms with E-state index in [2.05, 4.69) is 22.0 Å². The van der Waals surface area contributed by atoms with E-state index in [1.807, 2.05) is 6.07 Å². The molecule has 1 aliphatic rings. The summed E-state index contributed by atoms with van der Waals surface area (Å²) in [4.78, 5) is 14.9. The van der Waals surface area contributed by atoms with Crippen molar-refractivity contribution in [1.82, 2.24) is 4.57 Å². The molecule has 22 heavy (non-hydrogen) atoms. The minimum atomic E-state index is -0.370. The van der Waals surface area contributed by atoms with Crippen LogP contribution in [0, 0.1) is 17.0 Å². The summed E-state index contributed by atoms with van der Waals surface area (Å²) in [7, 11) is 0. The molecule has 5 nitrogen and oxygen atoms in total. The Labute approximate surface area is 129 Å². The molecule has 2 aromatic rings. The van der Waals surface area contributed by atoms with Crippen LogP contribution in [0.5, 0.6) is 0 Å². The van der Waals surface area contributed by atoms with E-state index in [-0.39, 0.29) is 10.6 Å². The second-order valence-corrected chi connectivity index (χ2v) is 5.82. The molecule has 114 valence electrons. The van der Waals surface area contributed by atoms with Crippen molar-refractivity contribution < 1.29 is 4.92 Å².